The Hall–Kier alpha value is -0.910. The van der Waals surface area contributed by atoms with Crippen molar-refractivity contribution in [1.29, 1.82) is 0 Å². The number of hydrogen-bond acceptors (Lipinski definition) is 3. The predicted octanol–water partition coefficient (Wildman–Crippen LogP) is 1.69. The van der Waals surface area contributed by atoms with Gasteiger partial charge in [-0.2, -0.15) is 0 Å². The molecular formula is C14H21NO3S. The van der Waals surface area contributed by atoms with Crippen molar-refractivity contribution in [3.05, 3.63) is 29.8 Å². The Morgan fingerprint density at radius 3 is 2.42 bits per heavy atom. The number of aliphatic hydroxyl groups is 1. The molecule has 1 aromatic carbocycles. The molecule has 0 spiro atoms. The van der Waals surface area contributed by atoms with E-state index in [1.165, 1.54) is 0 Å². The molecule has 0 bridgehead atoms. The summed E-state index contributed by atoms with van der Waals surface area (Å²) >= 11 is 0. The van der Waals surface area contributed by atoms with Crippen molar-refractivity contribution < 1.29 is 13.5 Å². The van der Waals surface area contributed by atoms with Gasteiger partial charge in [-0.15, -0.1) is 0 Å². The molecule has 1 aromatic rings. The molecule has 0 unspecified atom stereocenters. The first-order chi connectivity index (χ1) is 8.95. The van der Waals surface area contributed by atoms with E-state index in [1.54, 1.807) is 12.1 Å². The molecule has 106 valence electrons. The largest absolute Gasteiger partial charge is 0.396 e. The summed E-state index contributed by atoms with van der Waals surface area (Å²) in [5.41, 5.74) is 1.20. The summed E-state index contributed by atoms with van der Waals surface area (Å²) in [6.07, 6.45) is 3.65. The molecule has 5 heteroatoms. The fourth-order valence-corrected chi connectivity index (χ4v) is 3.06. The van der Waals surface area contributed by atoms with Gasteiger partial charge < -0.3 is 5.11 Å². The van der Waals surface area contributed by atoms with Crippen LogP contribution < -0.4 is 4.72 Å². The normalized spacial score (nSPS) is 17.4. The van der Waals surface area contributed by atoms with Crippen molar-refractivity contribution in [1.82, 2.24) is 4.72 Å². The second-order valence-corrected chi connectivity index (χ2v) is 7.37. The lowest BCUT2D eigenvalue weighted by Crippen LogP contribution is -2.29. The topological polar surface area (TPSA) is 66.4 Å². The highest BCUT2D eigenvalue weighted by atomic mass is 32.2. The van der Waals surface area contributed by atoms with Gasteiger partial charge >= 0.3 is 0 Å². The quantitative estimate of drug-likeness (QED) is 0.800. The lowest BCUT2D eigenvalue weighted by atomic mass is 10.1. The van der Waals surface area contributed by atoms with Crippen LogP contribution in [0.3, 0.4) is 0 Å². The molecule has 1 saturated carbocycles. The molecule has 2 rings (SSSR count). The summed E-state index contributed by atoms with van der Waals surface area (Å²) in [5, 5.41) is 8.76. The van der Waals surface area contributed by atoms with Crippen LogP contribution >= 0.6 is 0 Å². The zero-order valence-electron chi connectivity index (χ0n) is 11.2. The van der Waals surface area contributed by atoms with E-state index in [1.807, 2.05) is 12.1 Å². The van der Waals surface area contributed by atoms with Crippen LogP contribution in [0.5, 0.6) is 0 Å². The van der Waals surface area contributed by atoms with Gasteiger partial charge in [-0.25, -0.2) is 13.1 Å². The number of hydrogen-bond donors (Lipinski definition) is 2. The Labute approximate surface area is 114 Å². The van der Waals surface area contributed by atoms with Gasteiger partial charge in [-0.05, 0) is 48.8 Å². The summed E-state index contributed by atoms with van der Waals surface area (Å²) in [5.74, 6) is 0. The highest BCUT2D eigenvalue weighted by molar-refractivity contribution is 7.89. The van der Waals surface area contributed by atoms with E-state index in [2.05, 4.69) is 11.6 Å². The Morgan fingerprint density at radius 1 is 1.26 bits per heavy atom. The molecule has 0 saturated heterocycles. The first-order valence-corrected chi connectivity index (χ1v) is 8.13. The van der Waals surface area contributed by atoms with Crippen LogP contribution in [0, 0.1) is 5.41 Å². The van der Waals surface area contributed by atoms with Crippen LogP contribution in [-0.4, -0.2) is 26.7 Å². The summed E-state index contributed by atoms with van der Waals surface area (Å²) in [7, 11) is -3.39. The summed E-state index contributed by atoms with van der Waals surface area (Å²) in [6, 6.07) is 6.88. The van der Waals surface area contributed by atoms with E-state index in [9.17, 15) is 8.42 Å². The third-order valence-electron chi connectivity index (χ3n) is 3.65. The minimum absolute atomic E-state index is 0.153. The van der Waals surface area contributed by atoms with Gasteiger partial charge in [0.05, 0.1) is 4.90 Å². The molecule has 0 atom stereocenters. The molecule has 1 aliphatic rings. The van der Waals surface area contributed by atoms with Crippen molar-refractivity contribution >= 4 is 10.0 Å². The maximum absolute atomic E-state index is 12.1. The van der Waals surface area contributed by atoms with Crippen molar-refractivity contribution in [2.24, 2.45) is 5.41 Å². The third kappa shape index (κ3) is 4.03. The molecule has 0 radical (unpaired) electrons. The number of aryl methyl sites for hydroxylation is 1. The van der Waals surface area contributed by atoms with Gasteiger partial charge in [0.2, 0.25) is 10.0 Å². The van der Waals surface area contributed by atoms with Crippen molar-refractivity contribution in [2.45, 2.75) is 37.5 Å². The molecule has 0 aromatic heterocycles. The van der Waals surface area contributed by atoms with Gasteiger partial charge in [0.1, 0.15) is 0 Å². The third-order valence-corrected chi connectivity index (χ3v) is 5.07. The Morgan fingerprint density at radius 2 is 1.89 bits per heavy atom. The van der Waals surface area contributed by atoms with E-state index < -0.39 is 10.0 Å². The predicted molar refractivity (Wildman–Crippen MR) is 74.4 cm³/mol. The van der Waals surface area contributed by atoms with Crippen molar-refractivity contribution in [2.75, 3.05) is 13.2 Å². The van der Waals surface area contributed by atoms with Gasteiger partial charge in [0.25, 0.3) is 0 Å². The number of sulfonamides is 1. The van der Waals surface area contributed by atoms with E-state index in [0.717, 1.165) is 24.8 Å². The zero-order valence-corrected chi connectivity index (χ0v) is 12.0. The van der Waals surface area contributed by atoms with E-state index >= 15 is 0 Å². The molecule has 1 fully saturated rings. The lowest BCUT2D eigenvalue weighted by molar-refractivity contribution is 0.288. The van der Waals surface area contributed by atoms with E-state index in [0.29, 0.717) is 17.9 Å². The molecule has 0 amide bonds. The molecule has 1 aliphatic carbocycles. The van der Waals surface area contributed by atoms with Crippen molar-refractivity contribution in [3.63, 3.8) is 0 Å². The zero-order chi connectivity index (χ0) is 13.9. The minimum Gasteiger partial charge on any atom is -0.396 e. The average molecular weight is 283 g/mol. The average Bonchev–Trinajstić information content (AvgIpc) is 3.13. The molecule has 0 aliphatic heterocycles. The Balaban J connectivity index is 1.99. The summed E-state index contributed by atoms with van der Waals surface area (Å²) < 4.78 is 26.8. The standard InChI is InChI=1S/C14H21NO3S/c1-14(8-9-14)11-15-19(17,18)13-6-4-12(5-7-13)3-2-10-16/h4-7,15-16H,2-3,8-11H2,1H3. The van der Waals surface area contributed by atoms with Gasteiger partial charge in [0, 0.05) is 13.2 Å². The fraction of sp³-hybridized carbons (Fsp3) is 0.571. The Kier molecular flexibility index (Phi) is 4.28. The van der Waals surface area contributed by atoms with Crippen LogP contribution in [-0.2, 0) is 16.4 Å². The molecule has 0 heterocycles. The maximum Gasteiger partial charge on any atom is 0.240 e. The summed E-state index contributed by atoms with van der Waals surface area (Å²) in [6.45, 7) is 2.76. The van der Waals surface area contributed by atoms with E-state index in [4.69, 9.17) is 5.11 Å². The number of rotatable bonds is 7. The molecule has 4 nitrogen and oxygen atoms in total. The molecule has 19 heavy (non-hydrogen) atoms. The van der Waals surface area contributed by atoms with Crippen LogP contribution in [0.25, 0.3) is 0 Å². The van der Waals surface area contributed by atoms with Crippen LogP contribution in [0.15, 0.2) is 29.2 Å². The highest BCUT2D eigenvalue weighted by Gasteiger charge is 2.38. The second kappa shape index (κ2) is 5.61. The van der Waals surface area contributed by atoms with Crippen LogP contribution in [0.2, 0.25) is 0 Å². The Bertz CT molecular complexity index is 518. The minimum atomic E-state index is -3.39. The first-order valence-electron chi connectivity index (χ1n) is 6.65. The monoisotopic (exact) mass is 283 g/mol. The molecule has 2 N–H and O–H groups in total. The van der Waals surface area contributed by atoms with Gasteiger partial charge in [-0.1, -0.05) is 19.1 Å². The number of aliphatic hydroxyl groups excluding tert-OH is 1. The van der Waals surface area contributed by atoms with Gasteiger partial charge in [0.15, 0.2) is 0 Å². The first kappa shape index (κ1) is 14.5. The van der Waals surface area contributed by atoms with Crippen LogP contribution in [0.4, 0.5) is 0 Å². The SMILES string of the molecule is CC1(CNS(=O)(=O)c2ccc(CCCO)cc2)CC1. The smallest absolute Gasteiger partial charge is 0.240 e. The van der Waals surface area contributed by atoms with Crippen LogP contribution in [0.1, 0.15) is 31.7 Å². The van der Waals surface area contributed by atoms with Crippen molar-refractivity contribution in [3.8, 4) is 0 Å². The molecular weight excluding hydrogens is 262 g/mol. The lowest BCUT2D eigenvalue weighted by Gasteiger charge is -2.11. The maximum atomic E-state index is 12.1. The van der Waals surface area contributed by atoms with E-state index in [-0.39, 0.29) is 12.0 Å². The second-order valence-electron chi connectivity index (χ2n) is 5.61. The van der Waals surface area contributed by atoms with Gasteiger partial charge in [-0.3, -0.25) is 0 Å². The number of nitrogens with one attached hydrogen (secondary N) is 1. The fourth-order valence-electron chi connectivity index (χ4n) is 1.86. The number of benzene rings is 1. The summed E-state index contributed by atoms with van der Waals surface area (Å²) in [4.78, 5) is 0.310. The highest BCUT2D eigenvalue weighted by Crippen LogP contribution is 2.44.